The fourth-order valence-corrected chi connectivity index (χ4v) is 4.15. The highest BCUT2D eigenvalue weighted by Crippen LogP contribution is 2.32. The molecule has 5 rings (SSSR count). The third-order valence-corrected chi connectivity index (χ3v) is 5.87. The van der Waals surface area contributed by atoms with Gasteiger partial charge < -0.3 is 10.6 Å². The summed E-state index contributed by atoms with van der Waals surface area (Å²) in [5.41, 5.74) is 7.72. The highest BCUT2D eigenvalue weighted by Gasteiger charge is 2.29. The van der Waals surface area contributed by atoms with Gasteiger partial charge in [0, 0.05) is 36.5 Å². The zero-order chi connectivity index (χ0) is 23.8. The van der Waals surface area contributed by atoms with Crippen molar-refractivity contribution < 1.29 is 13.6 Å². The topological polar surface area (TPSA) is 121 Å². The molecule has 1 aliphatic heterocycles. The lowest BCUT2D eigenvalue weighted by Crippen LogP contribution is -2.33. The zero-order valence-corrected chi connectivity index (χ0v) is 18.3. The van der Waals surface area contributed by atoms with Crippen LogP contribution in [-0.4, -0.2) is 52.3 Å². The molecule has 1 atom stereocenters. The largest absolute Gasteiger partial charge is 0.383 e. The van der Waals surface area contributed by atoms with Crippen molar-refractivity contribution in [3.63, 3.8) is 0 Å². The summed E-state index contributed by atoms with van der Waals surface area (Å²) in [6, 6.07) is 5.45. The molecule has 12 heteroatoms. The lowest BCUT2D eigenvalue weighted by molar-refractivity contribution is -0.133. The number of nitrogens with two attached hydrogens (primary N) is 1. The van der Waals surface area contributed by atoms with Gasteiger partial charge in [-0.05, 0) is 41.5 Å². The van der Waals surface area contributed by atoms with Crippen molar-refractivity contribution in [2.45, 2.75) is 32.4 Å². The number of anilines is 1. The van der Waals surface area contributed by atoms with E-state index in [-0.39, 0.29) is 29.4 Å². The standard InChI is InChI=1S/C22H21F2N9O/c1-2-19(34)31-8-4-7-18(31)32-12-14(11-27-32)13-9-15(21(25)26-10-13)22-28-29-30-33(22)17-6-3-5-16(23)20(17)24/h3,5-6,9-12,18H,2,4,7-8H2,1H3,(H2,25,26). The van der Waals surface area contributed by atoms with E-state index in [1.54, 1.807) is 23.1 Å². The number of aromatic nitrogens is 7. The third-order valence-electron chi connectivity index (χ3n) is 5.87. The number of pyridine rings is 1. The first-order chi connectivity index (χ1) is 16.5. The van der Waals surface area contributed by atoms with Crippen LogP contribution in [0.5, 0.6) is 0 Å². The molecule has 3 aromatic heterocycles. The second-order valence-electron chi connectivity index (χ2n) is 7.92. The fourth-order valence-electron chi connectivity index (χ4n) is 4.15. The Morgan fingerprint density at radius 3 is 2.91 bits per heavy atom. The molecule has 34 heavy (non-hydrogen) atoms. The molecule has 0 saturated carbocycles. The number of hydrogen-bond acceptors (Lipinski definition) is 7. The van der Waals surface area contributed by atoms with Gasteiger partial charge in [0.05, 0.1) is 11.8 Å². The van der Waals surface area contributed by atoms with Crippen molar-refractivity contribution in [2.75, 3.05) is 12.3 Å². The lowest BCUT2D eigenvalue weighted by atomic mass is 10.1. The molecular formula is C22H21F2N9O. The Bertz CT molecular complexity index is 1370. The summed E-state index contributed by atoms with van der Waals surface area (Å²) in [6.07, 6.45) is 7.16. The average Bonchev–Trinajstić information content (AvgIpc) is 3.60. The van der Waals surface area contributed by atoms with Crippen LogP contribution in [0.1, 0.15) is 32.4 Å². The van der Waals surface area contributed by atoms with Crippen molar-refractivity contribution in [2.24, 2.45) is 0 Å². The number of amides is 1. The number of benzene rings is 1. The summed E-state index contributed by atoms with van der Waals surface area (Å²) < 4.78 is 31.0. The minimum Gasteiger partial charge on any atom is -0.383 e. The second-order valence-corrected chi connectivity index (χ2v) is 7.92. The van der Waals surface area contributed by atoms with Gasteiger partial charge in [-0.25, -0.2) is 18.4 Å². The summed E-state index contributed by atoms with van der Waals surface area (Å²) in [5.74, 6) is -1.78. The van der Waals surface area contributed by atoms with E-state index in [1.807, 2.05) is 18.0 Å². The van der Waals surface area contributed by atoms with Crippen molar-refractivity contribution >= 4 is 11.7 Å². The van der Waals surface area contributed by atoms with Gasteiger partial charge in [-0.2, -0.15) is 9.78 Å². The summed E-state index contributed by atoms with van der Waals surface area (Å²) in [7, 11) is 0. The molecule has 10 nitrogen and oxygen atoms in total. The average molecular weight is 465 g/mol. The van der Waals surface area contributed by atoms with E-state index in [0.717, 1.165) is 29.2 Å². The Labute approximate surface area is 193 Å². The molecule has 0 spiro atoms. The van der Waals surface area contributed by atoms with Gasteiger partial charge >= 0.3 is 0 Å². The number of carbonyl (C=O) groups is 1. The van der Waals surface area contributed by atoms with E-state index in [4.69, 9.17) is 5.73 Å². The Morgan fingerprint density at radius 2 is 2.09 bits per heavy atom. The minimum atomic E-state index is -1.08. The number of halogens is 2. The number of carbonyl (C=O) groups excluding carboxylic acids is 1. The van der Waals surface area contributed by atoms with E-state index < -0.39 is 11.6 Å². The van der Waals surface area contributed by atoms with E-state index >= 15 is 0 Å². The molecule has 0 aliphatic carbocycles. The van der Waals surface area contributed by atoms with Crippen LogP contribution in [0.2, 0.25) is 0 Å². The summed E-state index contributed by atoms with van der Waals surface area (Å²) in [6.45, 7) is 2.55. The molecule has 1 amide bonds. The van der Waals surface area contributed by atoms with E-state index in [1.165, 1.54) is 12.1 Å². The lowest BCUT2D eigenvalue weighted by Gasteiger charge is -2.24. The van der Waals surface area contributed by atoms with Crippen molar-refractivity contribution in [1.82, 2.24) is 39.9 Å². The van der Waals surface area contributed by atoms with Crippen molar-refractivity contribution in [1.29, 1.82) is 0 Å². The molecule has 1 fully saturated rings. The van der Waals surface area contributed by atoms with Gasteiger partial charge in [0.25, 0.3) is 0 Å². The normalized spacial score (nSPS) is 15.7. The fraction of sp³-hybridized carbons (Fsp3) is 0.273. The zero-order valence-electron chi connectivity index (χ0n) is 18.3. The summed E-state index contributed by atoms with van der Waals surface area (Å²) >= 11 is 0. The molecular weight excluding hydrogens is 444 g/mol. The molecule has 0 radical (unpaired) electrons. The number of nitrogen functional groups attached to an aromatic ring is 1. The van der Waals surface area contributed by atoms with Gasteiger partial charge in [-0.15, -0.1) is 5.10 Å². The smallest absolute Gasteiger partial charge is 0.223 e. The molecule has 0 bridgehead atoms. The molecule has 1 aromatic carbocycles. The van der Waals surface area contributed by atoms with Crippen LogP contribution in [0.4, 0.5) is 14.6 Å². The molecule has 1 unspecified atom stereocenters. The van der Waals surface area contributed by atoms with Crippen LogP contribution in [0.3, 0.4) is 0 Å². The summed E-state index contributed by atoms with van der Waals surface area (Å²) in [5, 5.41) is 15.9. The number of rotatable bonds is 5. The number of tetrazole rings is 1. The third kappa shape index (κ3) is 3.66. The Morgan fingerprint density at radius 1 is 1.24 bits per heavy atom. The molecule has 174 valence electrons. The highest BCUT2D eigenvalue weighted by molar-refractivity contribution is 5.77. The van der Waals surface area contributed by atoms with E-state index in [2.05, 4.69) is 25.6 Å². The van der Waals surface area contributed by atoms with Crippen LogP contribution in [0, 0.1) is 11.6 Å². The second kappa shape index (κ2) is 8.61. The van der Waals surface area contributed by atoms with Crippen LogP contribution in [0.25, 0.3) is 28.2 Å². The maximum Gasteiger partial charge on any atom is 0.223 e. The maximum absolute atomic E-state index is 14.4. The van der Waals surface area contributed by atoms with Gasteiger partial charge in [-0.3, -0.25) is 4.79 Å². The van der Waals surface area contributed by atoms with Crippen LogP contribution in [0.15, 0.2) is 42.9 Å². The molecule has 1 aliphatic rings. The molecule has 2 N–H and O–H groups in total. The number of nitrogens with zero attached hydrogens (tertiary/aromatic N) is 8. The quantitative estimate of drug-likeness (QED) is 0.481. The number of likely N-dealkylation sites (tertiary alicyclic amines) is 1. The van der Waals surface area contributed by atoms with Gasteiger partial charge in [0.1, 0.15) is 17.7 Å². The number of hydrogen-bond donors (Lipinski definition) is 1. The minimum absolute atomic E-state index is 0.0902. The molecule has 1 saturated heterocycles. The van der Waals surface area contributed by atoms with Crippen LogP contribution in [-0.2, 0) is 4.79 Å². The van der Waals surface area contributed by atoms with Crippen molar-refractivity contribution in [3.8, 4) is 28.2 Å². The van der Waals surface area contributed by atoms with E-state index in [0.29, 0.717) is 24.1 Å². The highest BCUT2D eigenvalue weighted by atomic mass is 19.2. The van der Waals surface area contributed by atoms with Crippen LogP contribution < -0.4 is 5.73 Å². The SMILES string of the molecule is CCC(=O)N1CCCC1n1cc(-c2cnc(N)c(-c3nnnn3-c3cccc(F)c3F)c2)cn1. The summed E-state index contributed by atoms with van der Waals surface area (Å²) in [4.78, 5) is 18.4. The molecule has 4 heterocycles. The first kappa shape index (κ1) is 21.6. The van der Waals surface area contributed by atoms with Gasteiger partial charge in [0.2, 0.25) is 5.91 Å². The maximum atomic E-state index is 14.4. The first-order valence-corrected chi connectivity index (χ1v) is 10.8. The Hall–Kier alpha value is -4.22. The van der Waals surface area contributed by atoms with Gasteiger partial charge in [0.15, 0.2) is 17.5 Å². The predicted octanol–water partition coefficient (Wildman–Crippen LogP) is 2.98. The van der Waals surface area contributed by atoms with Crippen LogP contribution >= 0.6 is 0 Å². The van der Waals surface area contributed by atoms with E-state index in [9.17, 15) is 13.6 Å². The van der Waals surface area contributed by atoms with Crippen molar-refractivity contribution in [3.05, 3.63) is 54.5 Å². The monoisotopic (exact) mass is 465 g/mol. The van der Waals surface area contributed by atoms with Gasteiger partial charge in [-0.1, -0.05) is 13.0 Å². The Kier molecular flexibility index (Phi) is 5.48. The first-order valence-electron chi connectivity index (χ1n) is 10.8. The predicted molar refractivity (Wildman–Crippen MR) is 118 cm³/mol. The Balaban J connectivity index is 1.51. The molecule has 4 aromatic rings.